The molecule has 0 saturated heterocycles. The van der Waals surface area contributed by atoms with Gasteiger partial charge in [-0.1, -0.05) is 13.0 Å². The molecular weight excluding hydrogens is 264 g/mol. The van der Waals surface area contributed by atoms with Gasteiger partial charge in [0.05, 0.1) is 13.7 Å². The zero-order chi connectivity index (χ0) is 15.1. The molecule has 2 rings (SSSR count). The summed E-state index contributed by atoms with van der Waals surface area (Å²) in [4.78, 5) is 2.37. The molecule has 0 bridgehead atoms. The molecule has 1 aromatic carbocycles. The molecule has 0 aromatic heterocycles. The number of nitrogens with one attached hydrogen (secondary N) is 1. The van der Waals surface area contributed by atoms with Crippen LogP contribution in [0.15, 0.2) is 18.2 Å². The van der Waals surface area contributed by atoms with E-state index in [9.17, 15) is 0 Å². The molecule has 0 unspecified atom stereocenters. The lowest BCUT2D eigenvalue weighted by Gasteiger charge is -2.21. The van der Waals surface area contributed by atoms with Gasteiger partial charge in [0.2, 0.25) is 0 Å². The maximum Gasteiger partial charge on any atom is 0.123 e. The van der Waals surface area contributed by atoms with E-state index >= 15 is 0 Å². The summed E-state index contributed by atoms with van der Waals surface area (Å²) in [6.07, 6.45) is 2.65. The number of hydrogen-bond donors (Lipinski definition) is 1. The van der Waals surface area contributed by atoms with E-state index < -0.39 is 0 Å². The zero-order valence-corrected chi connectivity index (χ0v) is 13.5. The van der Waals surface area contributed by atoms with Gasteiger partial charge in [0.1, 0.15) is 5.75 Å². The van der Waals surface area contributed by atoms with Crippen LogP contribution in [0.25, 0.3) is 0 Å². The summed E-state index contributed by atoms with van der Waals surface area (Å²) in [5, 5.41) is 3.56. The smallest absolute Gasteiger partial charge is 0.123 e. The minimum Gasteiger partial charge on any atom is -0.496 e. The van der Waals surface area contributed by atoms with Crippen LogP contribution in [-0.4, -0.2) is 44.9 Å². The molecule has 0 radical (unpaired) electrons. The van der Waals surface area contributed by atoms with Gasteiger partial charge >= 0.3 is 0 Å². The van der Waals surface area contributed by atoms with Crippen molar-refractivity contribution in [1.29, 1.82) is 0 Å². The first-order chi connectivity index (χ1) is 10.3. The quantitative estimate of drug-likeness (QED) is 0.718. The van der Waals surface area contributed by atoms with Crippen LogP contribution in [0.3, 0.4) is 0 Å². The first-order valence-electron chi connectivity index (χ1n) is 7.87. The van der Waals surface area contributed by atoms with Gasteiger partial charge in [-0.15, -0.1) is 0 Å². The predicted molar refractivity (Wildman–Crippen MR) is 85.7 cm³/mol. The first kappa shape index (κ1) is 16.3. The van der Waals surface area contributed by atoms with E-state index in [4.69, 9.17) is 9.47 Å². The van der Waals surface area contributed by atoms with Gasteiger partial charge in [-0.2, -0.15) is 0 Å². The van der Waals surface area contributed by atoms with Crippen molar-refractivity contribution in [3.8, 4) is 5.75 Å². The summed E-state index contributed by atoms with van der Waals surface area (Å²) in [6, 6.07) is 7.25. The van der Waals surface area contributed by atoms with E-state index in [1.807, 2.05) is 0 Å². The first-order valence-corrected chi connectivity index (χ1v) is 7.87. The van der Waals surface area contributed by atoms with E-state index in [0.29, 0.717) is 0 Å². The number of ether oxygens (including phenoxy) is 2. The summed E-state index contributed by atoms with van der Waals surface area (Å²) in [6.45, 7) is 6.75. The third kappa shape index (κ3) is 5.30. The molecule has 1 aliphatic rings. The predicted octanol–water partition coefficient (Wildman–Crippen LogP) is 2.42. The fraction of sp³-hybridized carbons (Fsp3) is 0.647. The molecule has 1 saturated carbocycles. The Labute approximate surface area is 128 Å². The minimum atomic E-state index is 0.740. The van der Waals surface area contributed by atoms with Crippen molar-refractivity contribution in [2.75, 3.05) is 33.9 Å². The molecule has 1 N–H and O–H groups in total. The lowest BCUT2D eigenvalue weighted by Crippen LogP contribution is -2.27. The molecular formula is C17H28N2O2. The summed E-state index contributed by atoms with van der Waals surface area (Å²) in [5.41, 5.74) is 2.59. The molecule has 4 nitrogen and oxygen atoms in total. The maximum absolute atomic E-state index is 5.51. The standard InChI is InChI=1S/C17H28N2O2/c1-4-19(9-10-20-2)13-15-11-14(5-8-17(15)21-3)12-18-16-6-7-16/h5,8,11,16,18H,4,6-7,9-10,12-13H2,1-3H3. The van der Waals surface area contributed by atoms with Crippen LogP contribution in [0, 0.1) is 0 Å². The van der Waals surface area contributed by atoms with Crippen LogP contribution in [0.2, 0.25) is 0 Å². The summed E-state index contributed by atoms with van der Waals surface area (Å²) < 4.78 is 10.7. The number of rotatable bonds is 10. The van der Waals surface area contributed by atoms with Crippen LogP contribution >= 0.6 is 0 Å². The second-order valence-corrected chi connectivity index (χ2v) is 5.66. The molecule has 4 heteroatoms. The Morgan fingerprint density at radius 1 is 1.29 bits per heavy atom. The average molecular weight is 292 g/mol. The summed E-state index contributed by atoms with van der Waals surface area (Å²) >= 11 is 0. The minimum absolute atomic E-state index is 0.740. The summed E-state index contributed by atoms with van der Waals surface area (Å²) in [7, 11) is 3.49. The molecule has 0 amide bonds. The Bertz CT molecular complexity index is 433. The van der Waals surface area contributed by atoms with E-state index in [1.165, 1.54) is 24.0 Å². The maximum atomic E-state index is 5.51. The van der Waals surface area contributed by atoms with Gasteiger partial charge in [0.15, 0.2) is 0 Å². The molecule has 1 aromatic rings. The Balaban J connectivity index is 2.00. The van der Waals surface area contributed by atoms with Crippen molar-refractivity contribution in [3.05, 3.63) is 29.3 Å². The highest BCUT2D eigenvalue weighted by Crippen LogP contribution is 2.23. The lowest BCUT2D eigenvalue weighted by atomic mass is 10.1. The molecule has 1 fully saturated rings. The monoisotopic (exact) mass is 292 g/mol. The van der Waals surface area contributed by atoms with Crippen molar-refractivity contribution in [2.45, 2.75) is 38.9 Å². The highest BCUT2D eigenvalue weighted by Gasteiger charge is 2.20. The highest BCUT2D eigenvalue weighted by molar-refractivity contribution is 5.37. The molecule has 0 aliphatic heterocycles. The average Bonchev–Trinajstić information content (AvgIpc) is 3.33. The van der Waals surface area contributed by atoms with E-state index in [1.54, 1.807) is 14.2 Å². The SMILES string of the molecule is CCN(CCOC)Cc1cc(CNC2CC2)ccc1OC. The van der Waals surface area contributed by atoms with Crippen LogP contribution in [0.5, 0.6) is 5.75 Å². The van der Waals surface area contributed by atoms with Crippen molar-refractivity contribution in [1.82, 2.24) is 10.2 Å². The number of hydrogen-bond acceptors (Lipinski definition) is 4. The zero-order valence-electron chi connectivity index (χ0n) is 13.5. The van der Waals surface area contributed by atoms with E-state index in [0.717, 1.165) is 44.6 Å². The van der Waals surface area contributed by atoms with Crippen LogP contribution < -0.4 is 10.1 Å². The van der Waals surface area contributed by atoms with Gasteiger partial charge in [-0.3, -0.25) is 4.90 Å². The normalized spacial score (nSPS) is 14.7. The van der Waals surface area contributed by atoms with Crippen LogP contribution in [0.4, 0.5) is 0 Å². The molecule has 0 atom stereocenters. The Kier molecular flexibility index (Phi) is 6.49. The van der Waals surface area contributed by atoms with Crippen LogP contribution in [0.1, 0.15) is 30.9 Å². The molecule has 1 aliphatic carbocycles. The molecule has 21 heavy (non-hydrogen) atoms. The second-order valence-electron chi connectivity index (χ2n) is 5.66. The Morgan fingerprint density at radius 2 is 2.10 bits per heavy atom. The van der Waals surface area contributed by atoms with Gasteiger partial charge < -0.3 is 14.8 Å². The largest absolute Gasteiger partial charge is 0.496 e. The topological polar surface area (TPSA) is 33.7 Å². The number of nitrogens with zero attached hydrogens (tertiary/aromatic N) is 1. The van der Waals surface area contributed by atoms with Gasteiger partial charge in [-0.25, -0.2) is 0 Å². The number of benzene rings is 1. The van der Waals surface area contributed by atoms with Crippen molar-refractivity contribution < 1.29 is 9.47 Å². The van der Waals surface area contributed by atoms with Crippen molar-refractivity contribution in [2.24, 2.45) is 0 Å². The Morgan fingerprint density at radius 3 is 2.71 bits per heavy atom. The Hall–Kier alpha value is -1.10. The van der Waals surface area contributed by atoms with Gasteiger partial charge in [0, 0.05) is 38.3 Å². The molecule has 0 spiro atoms. The summed E-state index contributed by atoms with van der Waals surface area (Å²) in [5.74, 6) is 0.973. The van der Waals surface area contributed by atoms with Crippen LogP contribution in [-0.2, 0) is 17.8 Å². The lowest BCUT2D eigenvalue weighted by molar-refractivity contribution is 0.147. The third-order valence-corrected chi connectivity index (χ3v) is 3.97. The molecule has 118 valence electrons. The number of likely N-dealkylation sites (N-methyl/N-ethyl adjacent to an activating group) is 1. The van der Waals surface area contributed by atoms with Crippen molar-refractivity contribution in [3.63, 3.8) is 0 Å². The fourth-order valence-electron chi connectivity index (χ4n) is 2.43. The van der Waals surface area contributed by atoms with Crippen molar-refractivity contribution >= 4 is 0 Å². The molecule has 0 heterocycles. The van der Waals surface area contributed by atoms with E-state index in [2.05, 4.69) is 35.3 Å². The second kappa shape index (κ2) is 8.37. The van der Waals surface area contributed by atoms with Gasteiger partial charge in [-0.05, 0) is 37.1 Å². The highest BCUT2D eigenvalue weighted by atomic mass is 16.5. The third-order valence-electron chi connectivity index (χ3n) is 3.97. The van der Waals surface area contributed by atoms with E-state index in [-0.39, 0.29) is 0 Å². The van der Waals surface area contributed by atoms with Gasteiger partial charge in [0.25, 0.3) is 0 Å². The number of methoxy groups -OCH3 is 2. The fourth-order valence-corrected chi connectivity index (χ4v) is 2.43.